The van der Waals surface area contributed by atoms with Gasteiger partial charge in [0.05, 0.1) is 26.9 Å². The second-order valence-corrected chi connectivity index (χ2v) is 3.68. The fourth-order valence-electron chi connectivity index (χ4n) is 1.76. The summed E-state index contributed by atoms with van der Waals surface area (Å²) in [6.45, 7) is 0. The number of carbonyl (C=O) groups is 1. The summed E-state index contributed by atoms with van der Waals surface area (Å²) in [6, 6.07) is 4.21. The summed E-state index contributed by atoms with van der Waals surface area (Å²) in [5.41, 5.74) is -0.376. The van der Waals surface area contributed by atoms with Gasteiger partial charge in [-0.15, -0.1) is 0 Å². The van der Waals surface area contributed by atoms with Crippen molar-refractivity contribution < 1.29 is 23.4 Å². The van der Waals surface area contributed by atoms with Gasteiger partial charge in [-0.2, -0.15) is 0 Å². The number of fused-ring (bicyclic) bond motifs is 1. The Morgan fingerprint density at radius 1 is 1.11 bits per heavy atom. The van der Waals surface area contributed by atoms with Crippen LogP contribution >= 0.6 is 0 Å². The molecule has 0 amide bonds. The summed E-state index contributed by atoms with van der Waals surface area (Å²) in [6.07, 6.45) is 0. The third-order valence-electron chi connectivity index (χ3n) is 2.64. The highest BCUT2D eigenvalue weighted by molar-refractivity contribution is 6.04. The average Bonchev–Trinajstić information content (AvgIpc) is 2.44. The van der Waals surface area contributed by atoms with Crippen molar-refractivity contribution in [3.05, 3.63) is 34.2 Å². The van der Waals surface area contributed by atoms with Crippen LogP contribution in [0.2, 0.25) is 0 Å². The van der Waals surface area contributed by atoms with Crippen LogP contribution in [-0.4, -0.2) is 27.3 Å². The van der Waals surface area contributed by atoms with Crippen molar-refractivity contribution in [1.82, 2.24) is 0 Å². The second-order valence-electron chi connectivity index (χ2n) is 3.68. The molecular weight excluding hydrogens is 252 g/mol. The lowest BCUT2D eigenvalue weighted by atomic mass is 10.1. The van der Waals surface area contributed by atoms with Crippen LogP contribution < -0.4 is 15.1 Å². The Bertz CT molecular complexity index is 685. The van der Waals surface area contributed by atoms with Crippen LogP contribution in [-0.2, 0) is 4.74 Å². The highest BCUT2D eigenvalue weighted by atomic mass is 16.5. The van der Waals surface area contributed by atoms with Crippen LogP contribution in [0, 0.1) is 0 Å². The molecule has 0 bridgehead atoms. The van der Waals surface area contributed by atoms with E-state index in [-0.39, 0.29) is 11.1 Å². The van der Waals surface area contributed by atoms with Crippen molar-refractivity contribution in [3.63, 3.8) is 0 Å². The number of rotatable bonds is 3. The fraction of sp³-hybridized carbons (Fsp3) is 0.231. The van der Waals surface area contributed by atoms with Gasteiger partial charge >= 0.3 is 11.6 Å². The highest BCUT2D eigenvalue weighted by Crippen LogP contribution is 2.32. The normalized spacial score (nSPS) is 10.3. The van der Waals surface area contributed by atoms with Gasteiger partial charge in [0.2, 0.25) is 0 Å². The van der Waals surface area contributed by atoms with E-state index in [1.165, 1.54) is 21.3 Å². The number of hydrogen-bond donors (Lipinski definition) is 0. The summed E-state index contributed by atoms with van der Waals surface area (Å²) < 4.78 is 20.0. The molecule has 6 heteroatoms. The maximum absolute atomic E-state index is 11.7. The Morgan fingerprint density at radius 3 is 2.42 bits per heavy atom. The van der Waals surface area contributed by atoms with Crippen LogP contribution in [0.3, 0.4) is 0 Å². The lowest BCUT2D eigenvalue weighted by molar-refractivity contribution is 0.0602. The first kappa shape index (κ1) is 12.9. The molecule has 100 valence electrons. The van der Waals surface area contributed by atoms with E-state index < -0.39 is 11.6 Å². The van der Waals surface area contributed by atoms with E-state index >= 15 is 0 Å². The summed E-state index contributed by atoms with van der Waals surface area (Å²) >= 11 is 0. The Morgan fingerprint density at radius 2 is 1.84 bits per heavy atom. The molecule has 0 N–H and O–H groups in total. The summed E-state index contributed by atoms with van der Waals surface area (Å²) in [5.74, 6) is 0.147. The number of ether oxygens (including phenoxy) is 3. The van der Waals surface area contributed by atoms with Gasteiger partial charge in [0.15, 0.2) is 11.3 Å². The summed E-state index contributed by atoms with van der Waals surface area (Å²) in [4.78, 5) is 23.2. The zero-order chi connectivity index (χ0) is 14.0. The first-order valence-corrected chi connectivity index (χ1v) is 5.39. The first-order chi connectivity index (χ1) is 9.10. The lowest BCUT2D eigenvalue weighted by Crippen LogP contribution is -2.08. The van der Waals surface area contributed by atoms with Crippen LogP contribution in [0.25, 0.3) is 11.0 Å². The largest absolute Gasteiger partial charge is 0.497 e. The predicted octanol–water partition coefficient (Wildman–Crippen LogP) is 1.60. The van der Waals surface area contributed by atoms with Gasteiger partial charge in [0.1, 0.15) is 5.75 Å². The number of hydrogen-bond acceptors (Lipinski definition) is 6. The molecular formula is C13H12O6. The minimum atomic E-state index is -0.656. The highest BCUT2D eigenvalue weighted by Gasteiger charge is 2.17. The van der Waals surface area contributed by atoms with E-state index in [9.17, 15) is 9.59 Å². The summed E-state index contributed by atoms with van der Waals surface area (Å²) in [7, 11) is 4.15. The van der Waals surface area contributed by atoms with Gasteiger partial charge in [-0.3, -0.25) is 0 Å². The van der Waals surface area contributed by atoms with Gasteiger partial charge in [-0.25, -0.2) is 9.59 Å². The molecule has 0 fully saturated rings. The SMILES string of the molecule is COC(=O)c1cc(=O)oc2c(OC)cc(OC)cc12. The number of carbonyl (C=O) groups excluding carboxylic acids is 1. The number of methoxy groups -OCH3 is 3. The Balaban J connectivity index is 2.89. The molecule has 0 unspecified atom stereocenters. The number of esters is 1. The third kappa shape index (κ3) is 2.24. The van der Waals surface area contributed by atoms with Crippen molar-refractivity contribution in [2.45, 2.75) is 0 Å². The maximum atomic E-state index is 11.7. The quantitative estimate of drug-likeness (QED) is 0.619. The molecule has 1 aromatic heterocycles. The molecule has 0 aliphatic carbocycles. The van der Waals surface area contributed by atoms with Gasteiger partial charge in [0, 0.05) is 17.5 Å². The van der Waals surface area contributed by atoms with Crippen LogP contribution in [0.15, 0.2) is 27.4 Å². The van der Waals surface area contributed by atoms with E-state index in [2.05, 4.69) is 4.74 Å². The van der Waals surface area contributed by atoms with Crippen molar-refractivity contribution in [2.75, 3.05) is 21.3 Å². The second kappa shape index (κ2) is 5.01. The van der Waals surface area contributed by atoms with E-state index in [0.29, 0.717) is 16.9 Å². The predicted molar refractivity (Wildman–Crippen MR) is 66.9 cm³/mol. The molecule has 2 aromatic rings. The first-order valence-electron chi connectivity index (χ1n) is 5.39. The maximum Gasteiger partial charge on any atom is 0.338 e. The average molecular weight is 264 g/mol. The molecule has 0 atom stereocenters. The van der Waals surface area contributed by atoms with Gasteiger partial charge in [-0.05, 0) is 6.07 Å². The molecule has 0 radical (unpaired) electrons. The molecule has 0 aliphatic rings. The molecule has 0 aliphatic heterocycles. The molecule has 2 rings (SSSR count). The fourth-order valence-corrected chi connectivity index (χ4v) is 1.76. The zero-order valence-corrected chi connectivity index (χ0v) is 10.7. The van der Waals surface area contributed by atoms with Gasteiger partial charge < -0.3 is 18.6 Å². The minimum absolute atomic E-state index is 0.103. The van der Waals surface area contributed by atoms with E-state index in [1.807, 2.05) is 0 Å². The molecule has 0 spiro atoms. The Labute approximate surface area is 108 Å². The van der Waals surface area contributed by atoms with Gasteiger partial charge in [0.25, 0.3) is 0 Å². The third-order valence-corrected chi connectivity index (χ3v) is 2.64. The van der Waals surface area contributed by atoms with E-state index in [1.54, 1.807) is 12.1 Å². The Kier molecular flexibility index (Phi) is 3.41. The monoisotopic (exact) mass is 264 g/mol. The van der Waals surface area contributed by atoms with Crippen LogP contribution in [0.5, 0.6) is 11.5 Å². The lowest BCUT2D eigenvalue weighted by Gasteiger charge is -2.09. The van der Waals surface area contributed by atoms with Gasteiger partial charge in [-0.1, -0.05) is 0 Å². The minimum Gasteiger partial charge on any atom is -0.497 e. The van der Waals surface area contributed by atoms with Crippen molar-refractivity contribution in [3.8, 4) is 11.5 Å². The smallest absolute Gasteiger partial charge is 0.338 e. The topological polar surface area (TPSA) is 75.0 Å². The number of benzene rings is 1. The van der Waals surface area contributed by atoms with E-state index in [0.717, 1.165) is 6.07 Å². The van der Waals surface area contributed by atoms with Crippen LogP contribution in [0.4, 0.5) is 0 Å². The van der Waals surface area contributed by atoms with Crippen molar-refractivity contribution >= 4 is 16.9 Å². The molecule has 0 saturated heterocycles. The molecule has 6 nitrogen and oxygen atoms in total. The van der Waals surface area contributed by atoms with Crippen molar-refractivity contribution in [1.29, 1.82) is 0 Å². The van der Waals surface area contributed by atoms with E-state index in [4.69, 9.17) is 13.9 Å². The molecule has 1 aromatic carbocycles. The zero-order valence-electron chi connectivity index (χ0n) is 10.7. The van der Waals surface area contributed by atoms with Crippen LogP contribution in [0.1, 0.15) is 10.4 Å². The molecule has 0 saturated carbocycles. The standard InChI is InChI=1S/C13H12O6/c1-16-7-4-8-9(13(15)18-3)6-11(14)19-12(8)10(5-7)17-2/h4-6H,1-3H3. The Hall–Kier alpha value is -2.50. The van der Waals surface area contributed by atoms with Crippen molar-refractivity contribution in [2.24, 2.45) is 0 Å². The summed E-state index contributed by atoms with van der Waals surface area (Å²) in [5, 5.41) is 0.391. The molecule has 19 heavy (non-hydrogen) atoms. The molecule has 1 heterocycles.